The highest BCUT2D eigenvalue weighted by atomic mass is 31.2. The molecule has 0 aliphatic heterocycles. The number of aromatic hydroxyl groups is 1. The largest absolute Gasteiger partial charge is 0.506 e. The molecule has 0 saturated heterocycles. The highest BCUT2D eigenvalue weighted by molar-refractivity contribution is 7.41. The topological polar surface area (TPSA) is 148 Å². The van der Waals surface area contributed by atoms with Crippen molar-refractivity contribution in [1.29, 1.82) is 0 Å². The number of benzene rings is 2. The van der Waals surface area contributed by atoms with Crippen molar-refractivity contribution in [2.75, 3.05) is 45.8 Å². The Bertz CT molecular complexity index is 796. The van der Waals surface area contributed by atoms with Crippen LogP contribution in [0.4, 0.5) is 11.4 Å². The minimum Gasteiger partial charge on any atom is -0.506 e. The lowest BCUT2D eigenvalue weighted by molar-refractivity contribution is -0.870. The molecular formula is C20H31N3O6P+. The zero-order valence-electron chi connectivity index (χ0n) is 17.5. The monoisotopic (exact) mass is 440 g/mol. The second-order valence-electron chi connectivity index (χ2n) is 7.53. The van der Waals surface area contributed by atoms with E-state index < -0.39 is 14.6 Å². The van der Waals surface area contributed by atoms with Crippen molar-refractivity contribution in [3.05, 3.63) is 48.0 Å². The number of carbonyl (C=O) groups is 1. The van der Waals surface area contributed by atoms with Crippen LogP contribution in [0.15, 0.2) is 42.5 Å². The van der Waals surface area contributed by atoms with Crippen molar-refractivity contribution in [2.45, 2.75) is 12.8 Å². The van der Waals surface area contributed by atoms with Crippen molar-refractivity contribution in [1.82, 2.24) is 0 Å². The number of carboxylic acid groups (broad SMARTS) is 1. The van der Waals surface area contributed by atoms with E-state index in [0.717, 1.165) is 16.6 Å². The molecule has 0 aromatic heterocycles. The van der Waals surface area contributed by atoms with Gasteiger partial charge in [0.15, 0.2) is 0 Å². The van der Waals surface area contributed by atoms with Gasteiger partial charge in [-0.05, 0) is 48.4 Å². The zero-order chi connectivity index (χ0) is 22.7. The summed E-state index contributed by atoms with van der Waals surface area (Å²) in [6.07, 6.45) is 0.504. The maximum atomic E-state index is 10.2. The maximum Gasteiger partial charge on any atom is 0.394 e. The molecule has 30 heavy (non-hydrogen) atoms. The average molecular weight is 440 g/mol. The summed E-state index contributed by atoms with van der Waals surface area (Å²) in [7, 11) is 4.31. The van der Waals surface area contributed by atoms with Crippen molar-refractivity contribution in [3.63, 3.8) is 0 Å². The van der Waals surface area contributed by atoms with Gasteiger partial charge >= 0.3 is 14.6 Å². The van der Waals surface area contributed by atoms with E-state index in [4.69, 9.17) is 30.7 Å². The van der Waals surface area contributed by atoms with Crippen LogP contribution in [0.5, 0.6) is 11.5 Å². The Balaban J connectivity index is 0.000000311. The molecule has 0 aliphatic carbocycles. The Morgan fingerprint density at radius 3 is 2.27 bits per heavy atom. The van der Waals surface area contributed by atoms with E-state index in [1.54, 1.807) is 36.4 Å². The summed E-state index contributed by atoms with van der Waals surface area (Å²) in [5.74, 6) is -0.260. The summed E-state index contributed by atoms with van der Waals surface area (Å²) >= 11 is 0. The molecule has 1 atom stereocenters. The molecule has 0 spiro atoms. The summed E-state index contributed by atoms with van der Waals surface area (Å²) in [4.78, 5) is 19.8. The van der Waals surface area contributed by atoms with Crippen LogP contribution in [0.3, 0.4) is 0 Å². The van der Waals surface area contributed by atoms with E-state index >= 15 is 0 Å². The number of nitrogens with two attached hydrogens (primary N) is 2. The summed E-state index contributed by atoms with van der Waals surface area (Å²) in [5.41, 5.74) is 12.7. The normalized spacial score (nSPS) is 11.9. The lowest BCUT2D eigenvalue weighted by Gasteiger charge is -2.23. The predicted octanol–water partition coefficient (Wildman–Crippen LogP) is 2.58. The van der Waals surface area contributed by atoms with Crippen LogP contribution in [0.1, 0.15) is 12.0 Å². The van der Waals surface area contributed by atoms with Gasteiger partial charge in [0, 0.05) is 12.1 Å². The molecule has 2 aromatic carbocycles. The van der Waals surface area contributed by atoms with Gasteiger partial charge in [-0.2, -0.15) is 0 Å². The molecule has 0 radical (unpaired) electrons. The summed E-state index contributed by atoms with van der Waals surface area (Å²) in [5, 5.41) is 17.5. The first-order chi connectivity index (χ1) is 14.0. The number of hydrogen-bond acceptors (Lipinski definition) is 7. The molecule has 0 aliphatic rings. The van der Waals surface area contributed by atoms with Gasteiger partial charge in [-0.15, -0.1) is 0 Å². The van der Waals surface area contributed by atoms with Gasteiger partial charge in [-0.25, -0.2) is 0 Å². The summed E-state index contributed by atoms with van der Waals surface area (Å²) in [6.45, 7) is 1.27. The molecule has 2 rings (SSSR count). The van der Waals surface area contributed by atoms with E-state index in [9.17, 15) is 9.69 Å². The predicted molar refractivity (Wildman–Crippen MR) is 118 cm³/mol. The number of phenolic OH excluding ortho intramolecular Hbond substituents is 1. The number of aryl methyl sites for hydroxylation is 1. The molecule has 1 unspecified atom stereocenters. The Morgan fingerprint density at radius 1 is 1.10 bits per heavy atom. The van der Waals surface area contributed by atoms with Crippen molar-refractivity contribution >= 4 is 25.9 Å². The third-order valence-corrected chi connectivity index (χ3v) is 4.52. The Labute approximate surface area is 178 Å². The fraction of sp³-hybridized carbons (Fsp3) is 0.350. The first kappa shape index (κ1) is 25.5. The van der Waals surface area contributed by atoms with E-state index in [2.05, 4.69) is 21.1 Å². The Morgan fingerprint density at radius 2 is 1.73 bits per heavy atom. The van der Waals surface area contributed by atoms with Crippen LogP contribution in [-0.4, -0.2) is 59.9 Å². The summed E-state index contributed by atoms with van der Waals surface area (Å²) < 4.78 is 11.2. The van der Waals surface area contributed by atoms with Crippen LogP contribution < -0.4 is 16.0 Å². The number of anilines is 2. The fourth-order valence-electron chi connectivity index (χ4n) is 2.05. The maximum absolute atomic E-state index is 10.2. The molecule has 0 fully saturated rings. The zero-order valence-corrected chi connectivity index (χ0v) is 18.4. The smallest absolute Gasteiger partial charge is 0.394 e. The van der Waals surface area contributed by atoms with Gasteiger partial charge in [-0.1, -0.05) is 6.07 Å². The van der Waals surface area contributed by atoms with Crippen molar-refractivity contribution < 1.29 is 33.4 Å². The molecule has 7 N–H and O–H groups in total. The second-order valence-corrected chi connectivity index (χ2v) is 8.45. The first-order valence-electron chi connectivity index (χ1n) is 9.21. The lowest BCUT2D eigenvalue weighted by atomic mass is 10.1. The minimum absolute atomic E-state index is 0.0269. The van der Waals surface area contributed by atoms with Crippen molar-refractivity contribution in [2.24, 2.45) is 0 Å². The molecule has 9 nitrogen and oxygen atoms in total. The summed E-state index contributed by atoms with van der Waals surface area (Å²) in [6, 6.07) is 11.5. The quantitative estimate of drug-likeness (QED) is 0.173. The Hall–Kier alpha value is -2.58. The van der Waals surface area contributed by atoms with Crippen LogP contribution in [-0.2, 0) is 15.7 Å². The van der Waals surface area contributed by atoms with Gasteiger partial charge in [-0.3, -0.25) is 9.32 Å². The second kappa shape index (κ2) is 12.2. The molecule has 10 heteroatoms. The van der Waals surface area contributed by atoms with Crippen LogP contribution in [0.2, 0.25) is 0 Å². The van der Waals surface area contributed by atoms with Gasteiger partial charge in [0.25, 0.3) is 0 Å². The number of carboxylic acids is 1. The number of rotatable bonds is 9. The van der Waals surface area contributed by atoms with E-state index in [1.807, 2.05) is 0 Å². The molecule has 0 amide bonds. The van der Waals surface area contributed by atoms with Crippen LogP contribution >= 0.6 is 8.60 Å². The highest BCUT2D eigenvalue weighted by Crippen LogP contribution is 2.34. The van der Waals surface area contributed by atoms with Gasteiger partial charge in [0.2, 0.25) is 0 Å². The number of likely N-dealkylation sites (N-methyl/N-ethyl adjacent to an activating group) is 1. The standard InChI is InChI=1S/C11H20N2O3P.C9H11NO3/c1-13(2,3)8-9-15-17(14)16-11-6-4-10(12)5-7-11;10-7-5-6(1-3-8(7)11)2-4-9(12)13/h4-7,14H,8-9,12H2,1-3H3;1,3,5,11H,2,4,10H2,(H,12,13)/q+1;. The molecule has 166 valence electrons. The van der Waals surface area contributed by atoms with Gasteiger partial charge < -0.3 is 35.6 Å². The minimum atomic E-state index is -1.87. The molecule has 2 aromatic rings. The molecular weight excluding hydrogens is 409 g/mol. The first-order valence-corrected chi connectivity index (χ1v) is 10.3. The number of nitrogens with zero attached hydrogens (tertiary/aromatic N) is 1. The fourth-order valence-corrected chi connectivity index (χ4v) is 2.64. The number of hydrogen-bond donors (Lipinski definition) is 5. The third-order valence-electron chi connectivity index (χ3n) is 3.75. The molecule has 0 saturated carbocycles. The number of nitrogen functional groups attached to an aromatic ring is 2. The SMILES string of the molecule is C[N+](C)(C)CCOP(O)Oc1ccc(N)cc1.Nc1cc(CCC(=O)O)ccc1O. The highest BCUT2D eigenvalue weighted by Gasteiger charge is 2.12. The van der Waals surface area contributed by atoms with E-state index in [-0.39, 0.29) is 17.9 Å². The van der Waals surface area contributed by atoms with E-state index in [0.29, 0.717) is 24.5 Å². The average Bonchev–Trinajstić information content (AvgIpc) is 2.64. The van der Waals surface area contributed by atoms with Crippen LogP contribution in [0.25, 0.3) is 0 Å². The number of quaternary nitrogens is 1. The Kier molecular flexibility index (Phi) is 10.3. The molecule has 0 bridgehead atoms. The molecule has 0 heterocycles. The van der Waals surface area contributed by atoms with Crippen molar-refractivity contribution in [3.8, 4) is 11.5 Å². The lowest BCUT2D eigenvalue weighted by Crippen LogP contribution is -2.37. The van der Waals surface area contributed by atoms with Gasteiger partial charge in [0.1, 0.15) is 24.7 Å². The number of phenols is 1. The number of aliphatic carboxylic acids is 1. The third kappa shape index (κ3) is 11.4. The van der Waals surface area contributed by atoms with Gasteiger partial charge in [0.05, 0.1) is 26.8 Å². The van der Waals surface area contributed by atoms with Crippen LogP contribution in [0, 0.1) is 0 Å². The van der Waals surface area contributed by atoms with E-state index in [1.165, 1.54) is 6.07 Å².